The summed E-state index contributed by atoms with van der Waals surface area (Å²) in [5, 5.41) is 14.6. The van der Waals surface area contributed by atoms with E-state index in [4.69, 9.17) is 4.74 Å². The van der Waals surface area contributed by atoms with Crippen molar-refractivity contribution in [1.29, 1.82) is 0 Å². The van der Waals surface area contributed by atoms with Crippen LogP contribution < -0.4 is 4.72 Å². The monoisotopic (exact) mass is 305 g/mol. The van der Waals surface area contributed by atoms with Gasteiger partial charge in [-0.3, -0.25) is 5.10 Å². The van der Waals surface area contributed by atoms with E-state index in [1.807, 2.05) is 0 Å². The van der Waals surface area contributed by atoms with Gasteiger partial charge in [0.05, 0.1) is 19.4 Å². The molecule has 0 aliphatic carbocycles. The van der Waals surface area contributed by atoms with Crippen molar-refractivity contribution in [2.75, 3.05) is 13.2 Å². The van der Waals surface area contributed by atoms with Crippen LogP contribution in [0.25, 0.3) is 0 Å². The topological polar surface area (TPSA) is 121 Å². The lowest BCUT2D eigenvalue weighted by molar-refractivity contribution is 0.0522. The highest BCUT2D eigenvalue weighted by molar-refractivity contribution is 7.89. The van der Waals surface area contributed by atoms with Gasteiger partial charge in [-0.1, -0.05) is 13.8 Å². The smallest absolute Gasteiger partial charge is 0.342 e. The molecule has 0 saturated heterocycles. The Morgan fingerprint density at radius 3 is 2.70 bits per heavy atom. The summed E-state index contributed by atoms with van der Waals surface area (Å²) in [4.78, 5) is 11.6. The van der Waals surface area contributed by atoms with Crippen LogP contribution >= 0.6 is 0 Å². The van der Waals surface area contributed by atoms with Crippen LogP contribution in [-0.2, 0) is 14.8 Å². The predicted octanol–water partition coefficient (Wildman–Crippen LogP) is -0.118. The van der Waals surface area contributed by atoms with Crippen LogP contribution in [0.15, 0.2) is 11.2 Å². The van der Waals surface area contributed by atoms with E-state index in [1.54, 1.807) is 20.8 Å². The normalized spacial score (nSPS) is 13.4. The molecule has 1 aromatic rings. The molecule has 1 aromatic heterocycles. The average molecular weight is 305 g/mol. The van der Waals surface area contributed by atoms with Gasteiger partial charge >= 0.3 is 5.97 Å². The molecule has 1 atom stereocenters. The van der Waals surface area contributed by atoms with Gasteiger partial charge in [0.1, 0.15) is 5.56 Å². The SMILES string of the molecule is CCOC(=O)c1cn[nH]c1S(=O)(=O)NC(CO)C(C)C. The first-order valence-electron chi connectivity index (χ1n) is 6.17. The van der Waals surface area contributed by atoms with Gasteiger partial charge in [-0.15, -0.1) is 0 Å². The van der Waals surface area contributed by atoms with Crippen LogP contribution in [0.5, 0.6) is 0 Å². The molecule has 3 N–H and O–H groups in total. The number of aliphatic hydroxyl groups excluding tert-OH is 1. The fourth-order valence-electron chi connectivity index (χ4n) is 1.48. The van der Waals surface area contributed by atoms with Crippen LogP contribution in [0.2, 0.25) is 0 Å². The first-order chi connectivity index (χ1) is 9.33. The third-order valence-electron chi connectivity index (χ3n) is 2.68. The second-order valence-corrected chi connectivity index (χ2v) is 6.14. The van der Waals surface area contributed by atoms with Gasteiger partial charge in [0, 0.05) is 6.04 Å². The molecule has 0 saturated carbocycles. The number of nitrogens with zero attached hydrogens (tertiary/aromatic N) is 1. The number of hydrogen-bond acceptors (Lipinski definition) is 6. The van der Waals surface area contributed by atoms with E-state index in [0.717, 1.165) is 6.20 Å². The molecular formula is C11H19N3O5S. The molecule has 0 aromatic carbocycles. The van der Waals surface area contributed by atoms with Crippen LogP contribution in [-0.4, -0.2) is 48.9 Å². The van der Waals surface area contributed by atoms with Crippen molar-refractivity contribution in [2.24, 2.45) is 5.92 Å². The maximum atomic E-state index is 12.2. The second kappa shape index (κ2) is 6.82. The van der Waals surface area contributed by atoms with Crippen molar-refractivity contribution < 1.29 is 23.1 Å². The third-order valence-corrected chi connectivity index (χ3v) is 4.14. The van der Waals surface area contributed by atoms with Crippen molar-refractivity contribution >= 4 is 16.0 Å². The summed E-state index contributed by atoms with van der Waals surface area (Å²) in [7, 11) is -4.00. The summed E-state index contributed by atoms with van der Waals surface area (Å²) in [5.74, 6) is -0.879. The Bertz CT molecular complexity index is 552. The summed E-state index contributed by atoms with van der Waals surface area (Å²) in [6.07, 6.45) is 1.09. The highest BCUT2D eigenvalue weighted by Gasteiger charge is 2.28. The Morgan fingerprint density at radius 1 is 1.55 bits per heavy atom. The number of aromatic amines is 1. The van der Waals surface area contributed by atoms with E-state index in [9.17, 15) is 18.3 Å². The summed E-state index contributed by atoms with van der Waals surface area (Å²) < 4.78 is 31.5. The first-order valence-corrected chi connectivity index (χ1v) is 7.65. The molecule has 0 aliphatic heterocycles. The second-order valence-electron chi connectivity index (χ2n) is 4.49. The summed E-state index contributed by atoms with van der Waals surface area (Å²) in [5.41, 5.74) is -0.167. The fourth-order valence-corrected chi connectivity index (χ4v) is 2.94. The van der Waals surface area contributed by atoms with E-state index in [2.05, 4.69) is 14.9 Å². The summed E-state index contributed by atoms with van der Waals surface area (Å²) in [6, 6.07) is -0.654. The molecular weight excluding hydrogens is 286 g/mol. The fraction of sp³-hybridized carbons (Fsp3) is 0.636. The molecule has 0 spiro atoms. The molecule has 114 valence electrons. The minimum atomic E-state index is -4.00. The minimum Gasteiger partial charge on any atom is -0.462 e. The van der Waals surface area contributed by atoms with E-state index in [1.165, 1.54) is 0 Å². The minimum absolute atomic E-state index is 0.108. The standard InChI is InChI=1S/C11H19N3O5S/c1-4-19-11(16)8-5-12-13-10(8)20(17,18)14-9(6-15)7(2)3/h5,7,9,14-15H,4,6H2,1-3H3,(H,12,13). The maximum absolute atomic E-state index is 12.2. The number of aromatic nitrogens is 2. The van der Waals surface area contributed by atoms with Crippen molar-refractivity contribution in [1.82, 2.24) is 14.9 Å². The van der Waals surface area contributed by atoms with E-state index < -0.39 is 22.0 Å². The summed E-state index contributed by atoms with van der Waals surface area (Å²) >= 11 is 0. The predicted molar refractivity (Wildman–Crippen MR) is 70.6 cm³/mol. The molecule has 0 radical (unpaired) electrons. The molecule has 0 bridgehead atoms. The highest BCUT2D eigenvalue weighted by Crippen LogP contribution is 2.15. The van der Waals surface area contributed by atoms with Gasteiger partial charge < -0.3 is 9.84 Å². The Hall–Kier alpha value is -1.45. The van der Waals surface area contributed by atoms with E-state index >= 15 is 0 Å². The van der Waals surface area contributed by atoms with Gasteiger partial charge in [0.25, 0.3) is 10.0 Å². The Labute approximate surface area is 117 Å². The number of carbonyl (C=O) groups excluding carboxylic acids is 1. The molecule has 1 heterocycles. The summed E-state index contributed by atoms with van der Waals surface area (Å²) in [6.45, 7) is 4.93. The van der Waals surface area contributed by atoms with Crippen molar-refractivity contribution in [3.05, 3.63) is 11.8 Å². The number of nitrogens with one attached hydrogen (secondary N) is 2. The number of carbonyl (C=O) groups is 1. The average Bonchev–Trinajstić information content (AvgIpc) is 2.86. The van der Waals surface area contributed by atoms with Gasteiger partial charge in [-0.05, 0) is 12.8 Å². The molecule has 1 unspecified atom stereocenters. The lowest BCUT2D eigenvalue weighted by Crippen LogP contribution is -2.41. The van der Waals surface area contributed by atoms with Gasteiger partial charge in [-0.25, -0.2) is 17.9 Å². The zero-order valence-electron chi connectivity index (χ0n) is 11.6. The molecule has 1 rings (SSSR count). The van der Waals surface area contributed by atoms with Crippen molar-refractivity contribution in [2.45, 2.75) is 31.8 Å². The van der Waals surface area contributed by atoms with Crippen LogP contribution in [0.1, 0.15) is 31.1 Å². The van der Waals surface area contributed by atoms with Gasteiger partial charge in [0.2, 0.25) is 0 Å². The third kappa shape index (κ3) is 3.78. The Morgan fingerprint density at radius 2 is 2.20 bits per heavy atom. The number of esters is 1. The van der Waals surface area contributed by atoms with Crippen LogP contribution in [0, 0.1) is 5.92 Å². The number of ether oxygens (including phenoxy) is 1. The number of hydrogen-bond donors (Lipinski definition) is 3. The highest BCUT2D eigenvalue weighted by atomic mass is 32.2. The van der Waals surface area contributed by atoms with Crippen LogP contribution in [0.3, 0.4) is 0 Å². The molecule has 0 amide bonds. The zero-order chi connectivity index (χ0) is 15.3. The molecule has 0 fully saturated rings. The lowest BCUT2D eigenvalue weighted by Gasteiger charge is -2.19. The lowest BCUT2D eigenvalue weighted by atomic mass is 10.1. The number of rotatable bonds is 7. The zero-order valence-corrected chi connectivity index (χ0v) is 12.4. The molecule has 0 aliphatic rings. The Balaban J connectivity index is 3.05. The molecule has 9 heteroatoms. The molecule has 8 nitrogen and oxygen atoms in total. The van der Waals surface area contributed by atoms with E-state index in [-0.39, 0.29) is 29.7 Å². The largest absolute Gasteiger partial charge is 0.462 e. The molecule has 20 heavy (non-hydrogen) atoms. The van der Waals surface area contributed by atoms with Crippen LogP contribution in [0.4, 0.5) is 0 Å². The number of sulfonamides is 1. The quantitative estimate of drug-likeness (QED) is 0.604. The number of aliphatic hydroxyl groups is 1. The Kier molecular flexibility index (Phi) is 5.66. The van der Waals surface area contributed by atoms with Crippen molar-refractivity contribution in [3.8, 4) is 0 Å². The number of H-pyrrole nitrogens is 1. The van der Waals surface area contributed by atoms with Gasteiger partial charge in [0.15, 0.2) is 5.03 Å². The van der Waals surface area contributed by atoms with Gasteiger partial charge in [-0.2, -0.15) is 5.10 Å². The van der Waals surface area contributed by atoms with E-state index in [0.29, 0.717) is 0 Å². The van der Waals surface area contributed by atoms with Crippen molar-refractivity contribution in [3.63, 3.8) is 0 Å². The maximum Gasteiger partial charge on any atom is 0.342 e. The first kappa shape index (κ1) is 16.6.